The van der Waals surface area contributed by atoms with Crippen molar-refractivity contribution in [2.75, 3.05) is 0 Å². The topological polar surface area (TPSA) is 32.9 Å². The molecule has 0 aliphatic rings. The molecule has 1 N–H and O–H groups in total. The molecule has 2 aromatic rings. The van der Waals surface area contributed by atoms with Crippen molar-refractivity contribution in [1.82, 2.24) is 4.98 Å². The maximum absolute atomic E-state index is 11.7. The number of hydrogen-bond donors (Lipinski definition) is 1. The Balaban J connectivity index is 3.03. The molecule has 1 heterocycles. The third-order valence-corrected chi connectivity index (χ3v) is 3.12. The van der Waals surface area contributed by atoms with Crippen LogP contribution in [0.25, 0.3) is 10.9 Å². The quantitative estimate of drug-likeness (QED) is 0.744. The summed E-state index contributed by atoms with van der Waals surface area (Å²) in [5.74, 6) is 0. The number of aromatic nitrogens is 1. The van der Waals surface area contributed by atoms with Crippen LogP contribution in [0, 0.1) is 10.5 Å². The minimum Gasteiger partial charge on any atom is -0.360 e. The zero-order chi connectivity index (χ0) is 10.3. The van der Waals surface area contributed by atoms with Gasteiger partial charge in [-0.05, 0) is 47.2 Å². The van der Waals surface area contributed by atoms with E-state index in [0.717, 1.165) is 11.1 Å². The van der Waals surface area contributed by atoms with Crippen LogP contribution in [-0.2, 0) is 0 Å². The monoisotopic (exact) mass is 319 g/mol. The predicted molar refractivity (Wildman–Crippen MR) is 67.0 cm³/mol. The van der Waals surface area contributed by atoms with Gasteiger partial charge in [0, 0.05) is 16.6 Å². The first kappa shape index (κ1) is 9.98. The number of nitrogens with one attached hydrogen (secondary N) is 1. The molecular weight excluding hydrogens is 312 g/mol. The Morgan fingerprint density at radius 1 is 1.43 bits per heavy atom. The molecule has 0 saturated carbocycles. The van der Waals surface area contributed by atoms with Crippen molar-refractivity contribution >= 4 is 45.1 Å². The molecular formula is C10H7ClINO. The lowest BCUT2D eigenvalue weighted by Gasteiger charge is -2.02. The van der Waals surface area contributed by atoms with Crippen LogP contribution in [0.4, 0.5) is 0 Å². The second-order valence-corrected chi connectivity index (χ2v) is 4.71. The molecule has 0 bridgehead atoms. The average Bonchev–Trinajstić information content (AvgIpc) is 2.12. The molecule has 1 aromatic heterocycles. The highest BCUT2D eigenvalue weighted by molar-refractivity contribution is 14.1. The lowest BCUT2D eigenvalue weighted by molar-refractivity contribution is 1.33. The van der Waals surface area contributed by atoms with Gasteiger partial charge in [0.25, 0.3) is 0 Å². The van der Waals surface area contributed by atoms with Gasteiger partial charge in [0.05, 0.1) is 9.09 Å². The molecule has 2 nitrogen and oxygen atoms in total. The molecule has 1 aromatic carbocycles. The second-order valence-electron chi connectivity index (χ2n) is 3.11. The molecule has 0 unspecified atom stereocenters. The molecule has 0 radical (unpaired) electrons. The Bertz CT molecular complexity index is 562. The first-order chi connectivity index (χ1) is 6.59. The Labute approximate surface area is 99.4 Å². The highest BCUT2D eigenvalue weighted by Crippen LogP contribution is 2.19. The van der Waals surface area contributed by atoms with Crippen molar-refractivity contribution in [1.29, 1.82) is 0 Å². The molecule has 0 atom stereocenters. The van der Waals surface area contributed by atoms with E-state index in [2.05, 4.69) is 4.98 Å². The van der Waals surface area contributed by atoms with Crippen LogP contribution in [0.1, 0.15) is 5.56 Å². The van der Waals surface area contributed by atoms with E-state index < -0.39 is 0 Å². The number of hydrogen-bond acceptors (Lipinski definition) is 1. The van der Waals surface area contributed by atoms with Crippen LogP contribution >= 0.6 is 34.2 Å². The van der Waals surface area contributed by atoms with Gasteiger partial charge in [-0.2, -0.15) is 0 Å². The average molecular weight is 320 g/mol. The summed E-state index contributed by atoms with van der Waals surface area (Å²) < 4.78 is 0.678. The minimum absolute atomic E-state index is 0.0324. The maximum Gasteiger partial charge on any atom is 0.202 e. The van der Waals surface area contributed by atoms with Crippen LogP contribution in [0.2, 0.25) is 5.02 Å². The number of H-pyrrole nitrogens is 1. The summed E-state index contributed by atoms with van der Waals surface area (Å²) in [4.78, 5) is 14.8. The van der Waals surface area contributed by atoms with E-state index in [4.69, 9.17) is 11.6 Å². The fourth-order valence-electron chi connectivity index (χ4n) is 1.44. The number of halogens is 2. The van der Waals surface area contributed by atoms with Crippen LogP contribution in [-0.4, -0.2) is 4.98 Å². The molecule has 0 amide bonds. The summed E-state index contributed by atoms with van der Waals surface area (Å²) in [6, 6.07) is 3.54. The molecule has 0 saturated heterocycles. The number of aromatic amines is 1. The van der Waals surface area contributed by atoms with Gasteiger partial charge >= 0.3 is 0 Å². The Morgan fingerprint density at radius 3 is 2.86 bits per heavy atom. The number of rotatable bonds is 0. The summed E-state index contributed by atoms with van der Waals surface area (Å²) in [5.41, 5.74) is 1.88. The molecule has 72 valence electrons. The summed E-state index contributed by atoms with van der Waals surface area (Å²) in [6.07, 6.45) is 1.71. The van der Waals surface area contributed by atoms with E-state index in [-0.39, 0.29) is 5.43 Å². The standard InChI is InChI=1S/C10H7ClINO/c1-5-2-6(11)3-7-9(5)13-4-8(12)10(7)14/h2-4H,1H3,(H,13,14). The van der Waals surface area contributed by atoms with Gasteiger partial charge in [0.15, 0.2) is 0 Å². The van der Waals surface area contributed by atoms with Crippen LogP contribution in [0.5, 0.6) is 0 Å². The third-order valence-electron chi connectivity index (χ3n) is 2.11. The van der Waals surface area contributed by atoms with Crippen molar-refractivity contribution < 1.29 is 0 Å². The highest BCUT2D eigenvalue weighted by Gasteiger charge is 2.05. The second kappa shape index (κ2) is 3.55. The van der Waals surface area contributed by atoms with Gasteiger partial charge in [-0.3, -0.25) is 4.79 Å². The number of aryl methyl sites for hydroxylation is 1. The Kier molecular flexibility index (Phi) is 2.53. The summed E-state index contributed by atoms with van der Waals surface area (Å²) in [7, 11) is 0. The van der Waals surface area contributed by atoms with Gasteiger partial charge in [-0.25, -0.2) is 0 Å². The smallest absolute Gasteiger partial charge is 0.202 e. The maximum atomic E-state index is 11.7. The van der Waals surface area contributed by atoms with Gasteiger partial charge in [-0.15, -0.1) is 0 Å². The van der Waals surface area contributed by atoms with E-state index in [1.54, 1.807) is 12.3 Å². The zero-order valence-corrected chi connectivity index (χ0v) is 10.3. The summed E-state index contributed by atoms with van der Waals surface area (Å²) >= 11 is 7.90. The first-order valence-electron chi connectivity index (χ1n) is 4.06. The first-order valence-corrected chi connectivity index (χ1v) is 5.52. The summed E-state index contributed by atoms with van der Waals surface area (Å²) in [6.45, 7) is 1.93. The molecule has 2 rings (SSSR count). The van der Waals surface area contributed by atoms with Gasteiger partial charge in [-0.1, -0.05) is 11.6 Å². The summed E-state index contributed by atoms with van der Waals surface area (Å²) in [5, 5.41) is 1.25. The van der Waals surface area contributed by atoms with E-state index in [0.29, 0.717) is 14.0 Å². The van der Waals surface area contributed by atoms with E-state index >= 15 is 0 Å². The highest BCUT2D eigenvalue weighted by atomic mass is 127. The largest absolute Gasteiger partial charge is 0.360 e. The zero-order valence-electron chi connectivity index (χ0n) is 7.40. The third kappa shape index (κ3) is 1.54. The van der Waals surface area contributed by atoms with Crippen molar-refractivity contribution in [2.24, 2.45) is 0 Å². The fraction of sp³-hybridized carbons (Fsp3) is 0.100. The van der Waals surface area contributed by atoms with Gasteiger partial charge in [0.1, 0.15) is 0 Å². The number of fused-ring (bicyclic) bond motifs is 1. The minimum atomic E-state index is 0.0324. The predicted octanol–water partition coefficient (Wildman–Crippen LogP) is 3.09. The Morgan fingerprint density at radius 2 is 2.14 bits per heavy atom. The molecule has 4 heteroatoms. The van der Waals surface area contributed by atoms with Crippen molar-refractivity contribution in [2.45, 2.75) is 6.92 Å². The van der Waals surface area contributed by atoms with Crippen molar-refractivity contribution in [3.63, 3.8) is 0 Å². The van der Waals surface area contributed by atoms with Crippen molar-refractivity contribution in [3.8, 4) is 0 Å². The van der Waals surface area contributed by atoms with E-state index in [1.807, 2.05) is 35.6 Å². The van der Waals surface area contributed by atoms with Crippen LogP contribution in [0.3, 0.4) is 0 Å². The fourth-order valence-corrected chi connectivity index (χ4v) is 2.16. The Hall–Kier alpha value is -0.550. The van der Waals surface area contributed by atoms with Crippen molar-refractivity contribution in [3.05, 3.63) is 42.7 Å². The normalized spacial score (nSPS) is 10.8. The number of pyridine rings is 1. The lowest BCUT2D eigenvalue weighted by Crippen LogP contribution is -2.06. The van der Waals surface area contributed by atoms with E-state index in [9.17, 15) is 4.79 Å². The molecule has 0 aliphatic heterocycles. The number of benzene rings is 1. The van der Waals surface area contributed by atoms with E-state index in [1.165, 1.54) is 0 Å². The molecule has 14 heavy (non-hydrogen) atoms. The molecule has 0 fully saturated rings. The van der Waals surface area contributed by atoms with Crippen LogP contribution in [0.15, 0.2) is 23.1 Å². The van der Waals surface area contributed by atoms with Crippen LogP contribution < -0.4 is 5.43 Å². The lowest BCUT2D eigenvalue weighted by atomic mass is 10.1. The molecule has 0 aliphatic carbocycles. The van der Waals surface area contributed by atoms with Gasteiger partial charge in [0.2, 0.25) is 5.43 Å². The molecule has 0 spiro atoms. The van der Waals surface area contributed by atoms with Gasteiger partial charge < -0.3 is 4.98 Å². The SMILES string of the molecule is Cc1cc(Cl)cc2c(=O)c(I)c[nH]c12.